The molecular formula is C10H6F2N2O4S2. The second kappa shape index (κ2) is 5.13. The lowest BCUT2D eigenvalue weighted by Gasteiger charge is -2.16. The predicted molar refractivity (Wildman–Crippen MR) is 66.2 cm³/mol. The molecule has 106 valence electrons. The number of carbonyl (C=O) groups is 1. The van der Waals surface area contributed by atoms with E-state index in [0.29, 0.717) is 12.1 Å². The van der Waals surface area contributed by atoms with Gasteiger partial charge in [0.25, 0.3) is 10.0 Å². The molecule has 0 radical (unpaired) electrons. The van der Waals surface area contributed by atoms with Crippen LogP contribution in [-0.2, 0) is 10.0 Å². The molecule has 0 aliphatic carbocycles. The van der Waals surface area contributed by atoms with Crippen molar-refractivity contribution >= 4 is 32.6 Å². The Bertz CT molecular complexity index is 747. The molecule has 0 fully saturated rings. The predicted octanol–water partition coefficient (Wildman–Crippen LogP) is 2.29. The van der Waals surface area contributed by atoms with Crippen molar-refractivity contribution in [3.8, 4) is 0 Å². The van der Waals surface area contributed by atoms with Crippen molar-refractivity contribution in [1.29, 1.82) is 0 Å². The van der Waals surface area contributed by atoms with Crippen molar-refractivity contribution in [2.75, 3.05) is 4.31 Å². The van der Waals surface area contributed by atoms with E-state index < -0.39 is 32.6 Å². The molecule has 0 saturated carbocycles. The number of amides is 1. The Hall–Kier alpha value is -2.07. The minimum absolute atomic E-state index is 0.00431. The minimum Gasteiger partial charge on any atom is -0.464 e. The molecule has 0 spiro atoms. The summed E-state index contributed by atoms with van der Waals surface area (Å²) in [5, 5.41) is 10.1. The van der Waals surface area contributed by atoms with Gasteiger partial charge in [0, 0.05) is 11.6 Å². The number of sulfonamides is 1. The molecule has 1 N–H and O–H groups in total. The molecule has 2 rings (SSSR count). The standard InChI is InChI=1S/C10H6F2N2O4S2/c11-7-2-1-6(5-8(7)12)20(17,18)14(10(15)16)9-13-3-4-19-9/h1-5H,(H,15,16). The van der Waals surface area contributed by atoms with Gasteiger partial charge in [-0.15, -0.1) is 15.6 Å². The van der Waals surface area contributed by atoms with E-state index in [0.717, 1.165) is 17.4 Å². The summed E-state index contributed by atoms with van der Waals surface area (Å²) in [6.07, 6.45) is -0.582. The molecule has 0 bridgehead atoms. The van der Waals surface area contributed by atoms with Gasteiger partial charge in [0.1, 0.15) is 0 Å². The molecule has 0 unspecified atom stereocenters. The van der Waals surface area contributed by atoms with Gasteiger partial charge >= 0.3 is 6.09 Å². The maximum Gasteiger partial charge on any atom is 0.428 e. The number of hydrogen-bond donors (Lipinski definition) is 1. The molecule has 0 aliphatic rings. The second-order valence-electron chi connectivity index (χ2n) is 3.44. The smallest absolute Gasteiger partial charge is 0.428 e. The Morgan fingerprint density at radius 2 is 2.00 bits per heavy atom. The topological polar surface area (TPSA) is 87.6 Å². The number of aromatic nitrogens is 1. The summed E-state index contributed by atoms with van der Waals surface area (Å²) in [5.41, 5.74) is 0. The Morgan fingerprint density at radius 3 is 2.50 bits per heavy atom. The molecule has 0 aliphatic heterocycles. The highest BCUT2D eigenvalue weighted by Gasteiger charge is 2.33. The highest BCUT2D eigenvalue weighted by Crippen LogP contribution is 2.26. The van der Waals surface area contributed by atoms with E-state index >= 15 is 0 Å². The molecule has 1 aromatic heterocycles. The second-order valence-corrected chi connectivity index (χ2v) is 6.10. The van der Waals surface area contributed by atoms with Crippen molar-refractivity contribution in [2.45, 2.75) is 4.90 Å². The highest BCUT2D eigenvalue weighted by molar-refractivity contribution is 7.93. The van der Waals surface area contributed by atoms with Crippen LogP contribution in [-0.4, -0.2) is 24.6 Å². The van der Waals surface area contributed by atoms with Crippen LogP contribution >= 0.6 is 11.3 Å². The van der Waals surface area contributed by atoms with Gasteiger partial charge in [0.05, 0.1) is 4.90 Å². The van der Waals surface area contributed by atoms with Crippen molar-refractivity contribution in [3.63, 3.8) is 0 Å². The SMILES string of the molecule is O=C(O)N(c1nccs1)S(=O)(=O)c1ccc(F)c(F)c1. The van der Waals surface area contributed by atoms with E-state index in [1.54, 1.807) is 0 Å². The first-order chi connectivity index (χ1) is 9.34. The van der Waals surface area contributed by atoms with Crippen LogP contribution in [0.3, 0.4) is 0 Å². The molecule has 1 heterocycles. The Labute approximate surface area is 116 Å². The van der Waals surface area contributed by atoms with Crippen LogP contribution in [0.4, 0.5) is 18.7 Å². The first-order valence-electron chi connectivity index (χ1n) is 4.97. The molecule has 6 nitrogen and oxygen atoms in total. The summed E-state index contributed by atoms with van der Waals surface area (Å²) >= 11 is 0.775. The zero-order chi connectivity index (χ0) is 14.9. The molecule has 1 aromatic carbocycles. The van der Waals surface area contributed by atoms with Gasteiger partial charge < -0.3 is 5.11 Å². The van der Waals surface area contributed by atoms with Crippen LogP contribution in [0, 0.1) is 11.6 Å². The number of hydrogen-bond acceptors (Lipinski definition) is 5. The Balaban J connectivity index is 2.57. The fourth-order valence-corrected chi connectivity index (χ4v) is 3.47. The zero-order valence-electron chi connectivity index (χ0n) is 9.53. The average Bonchev–Trinajstić information content (AvgIpc) is 2.85. The summed E-state index contributed by atoms with van der Waals surface area (Å²) in [7, 11) is -4.59. The van der Waals surface area contributed by atoms with E-state index in [-0.39, 0.29) is 9.44 Å². The van der Waals surface area contributed by atoms with E-state index in [2.05, 4.69) is 4.98 Å². The third kappa shape index (κ3) is 2.47. The third-order valence-electron chi connectivity index (χ3n) is 2.20. The number of anilines is 1. The van der Waals surface area contributed by atoms with Crippen LogP contribution in [0.25, 0.3) is 0 Å². The van der Waals surface area contributed by atoms with Crippen LogP contribution in [0.1, 0.15) is 0 Å². The number of thiazole rings is 1. The van der Waals surface area contributed by atoms with Gasteiger partial charge in [0.2, 0.25) is 5.13 Å². The van der Waals surface area contributed by atoms with E-state index in [1.165, 1.54) is 11.6 Å². The maximum atomic E-state index is 13.1. The first-order valence-corrected chi connectivity index (χ1v) is 7.29. The summed E-state index contributed by atoms with van der Waals surface area (Å²) in [5.74, 6) is -2.63. The molecule has 0 atom stereocenters. The lowest BCUT2D eigenvalue weighted by atomic mass is 10.3. The van der Waals surface area contributed by atoms with E-state index in [4.69, 9.17) is 5.11 Å². The molecule has 10 heteroatoms. The van der Waals surface area contributed by atoms with Crippen molar-refractivity contribution < 1.29 is 27.1 Å². The van der Waals surface area contributed by atoms with Crippen molar-refractivity contribution in [2.24, 2.45) is 0 Å². The van der Waals surface area contributed by atoms with Crippen LogP contribution < -0.4 is 4.31 Å². The minimum atomic E-state index is -4.59. The molecular weight excluding hydrogens is 314 g/mol. The van der Waals surface area contributed by atoms with Gasteiger partial charge in [-0.2, -0.15) is 0 Å². The zero-order valence-corrected chi connectivity index (χ0v) is 11.2. The fraction of sp³-hybridized carbons (Fsp3) is 0. The van der Waals surface area contributed by atoms with Crippen molar-refractivity contribution in [1.82, 2.24) is 4.98 Å². The Kier molecular flexibility index (Phi) is 3.68. The molecule has 1 amide bonds. The quantitative estimate of drug-likeness (QED) is 0.937. The fourth-order valence-electron chi connectivity index (χ4n) is 1.35. The first kappa shape index (κ1) is 14.3. The van der Waals surface area contributed by atoms with Gasteiger partial charge in [-0.05, 0) is 18.2 Å². The lowest BCUT2D eigenvalue weighted by molar-refractivity contribution is 0.206. The number of halogens is 2. The lowest BCUT2D eigenvalue weighted by Crippen LogP contribution is -2.35. The summed E-state index contributed by atoms with van der Waals surface area (Å²) < 4.78 is 50.2. The average molecular weight is 320 g/mol. The van der Waals surface area contributed by atoms with Gasteiger partial charge in [0.15, 0.2) is 11.6 Å². The number of nitrogens with zero attached hydrogens (tertiary/aromatic N) is 2. The number of rotatable bonds is 3. The third-order valence-corrected chi connectivity index (χ3v) is 4.73. The van der Waals surface area contributed by atoms with Gasteiger partial charge in [-0.1, -0.05) is 0 Å². The molecule has 2 aromatic rings. The summed E-state index contributed by atoms with van der Waals surface area (Å²) in [6.45, 7) is 0. The largest absolute Gasteiger partial charge is 0.464 e. The van der Waals surface area contributed by atoms with E-state index in [9.17, 15) is 22.0 Å². The van der Waals surface area contributed by atoms with E-state index in [1.807, 2.05) is 0 Å². The van der Waals surface area contributed by atoms with Crippen molar-refractivity contribution in [3.05, 3.63) is 41.4 Å². The van der Waals surface area contributed by atoms with Gasteiger partial charge in [-0.25, -0.2) is 27.0 Å². The van der Waals surface area contributed by atoms with Crippen LogP contribution in [0.2, 0.25) is 0 Å². The maximum absolute atomic E-state index is 13.1. The number of benzene rings is 1. The van der Waals surface area contributed by atoms with Crippen LogP contribution in [0.5, 0.6) is 0 Å². The molecule has 20 heavy (non-hydrogen) atoms. The monoisotopic (exact) mass is 320 g/mol. The molecule has 0 saturated heterocycles. The van der Waals surface area contributed by atoms with Gasteiger partial charge in [-0.3, -0.25) is 0 Å². The Morgan fingerprint density at radius 1 is 1.30 bits per heavy atom. The highest BCUT2D eigenvalue weighted by atomic mass is 32.2. The summed E-state index contributed by atoms with van der Waals surface area (Å²) in [6, 6.07) is 1.79. The normalized spacial score (nSPS) is 11.3. The van der Waals surface area contributed by atoms with Crippen LogP contribution in [0.15, 0.2) is 34.7 Å². The number of carboxylic acid groups (broad SMARTS) is 1. The summed E-state index contributed by atoms with van der Waals surface area (Å²) in [4.78, 5) is 14.0.